The van der Waals surface area contributed by atoms with Gasteiger partial charge in [-0.25, -0.2) is 4.79 Å². The van der Waals surface area contributed by atoms with Crippen LogP contribution in [0.25, 0.3) is 0 Å². The normalized spacial score (nSPS) is 11.9. The molecule has 0 saturated carbocycles. The van der Waals surface area contributed by atoms with Gasteiger partial charge >= 0.3 is 5.97 Å². The second kappa shape index (κ2) is 7.57. The lowest BCUT2D eigenvalue weighted by molar-refractivity contribution is 0.0599. The molecular formula is C17H19NO3. The van der Waals surface area contributed by atoms with Crippen LogP contribution in [0.2, 0.25) is 0 Å². The highest BCUT2D eigenvalue weighted by Gasteiger charge is 2.13. The summed E-state index contributed by atoms with van der Waals surface area (Å²) in [6.07, 6.45) is 0. The molecule has 21 heavy (non-hydrogen) atoms. The van der Waals surface area contributed by atoms with Gasteiger partial charge in [0, 0.05) is 6.54 Å². The zero-order valence-corrected chi connectivity index (χ0v) is 12.0. The van der Waals surface area contributed by atoms with Crippen LogP contribution in [0.4, 0.5) is 0 Å². The summed E-state index contributed by atoms with van der Waals surface area (Å²) < 4.78 is 4.78. The Bertz CT molecular complexity index is 584. The maximum Gasteiger partial charge on any atom is 0.338 e. The third-order valence-electron chi connectivity index (χ3n) is 3.35. The van der Waals surface area contributed by atoms with Crippen LogP contribution in [0.15, 0.2) is 54.6 Å². The van der Waals surface area contributed by atoms with E-state index in [9.17, 15) is 9.90 Å². The maximum absolute atomic E-state index is 11.7. The molecule has 0 aliphatic rings. The van der Waals surface area contributed by atoms with Crippen LogP contribution in [0.1, 0.15) is 27.5 Å². The Labute approximate surface area is 124 Å². The van der Waals surface area contributed by atoms with Crippen molar-refractivity contribution in [1.29, 1.82) is 0 Å². The van der Waals surface area contributed by atoms with Crippen LogP contribution in [0.5, 0.6) is 0 Å². The molecule has 4 nitrogen and oxygen atoms in total. The number of carbonyl (C=O) groups is 1. The molecule has 0 heterocycles. The summed E-state index contributed by atoms with van der Waals surface area (Å²) in [5, 5.41) is 12.8. The van der Waals surface area contributed by atoms with Crippen molar-refractivity contribution in [1.82, 2.24) is 5.32 Å². The topological polar surface area (TPSA) is 58.6 Å². The van der Waals surface area contributed by atoms with Gasteiger partial charge in [0.25, 0.3) is 0 Å². The van der Waals surface area contributed by atoms with E-state index in [4.69, 9.17) is 4.74 Å². The molecule has 0 spiro atoms. The van der Waals surface area contributed by atoms with Crippen molar-refractivity contribution in [2.45, 2.75) is 12.6 Å². The lowest BCUT2D eigenvalue weighted by atomic mass is 10.1. The first-order valence-electron chi connectivity index (χ1n) is 6.81. The second-order valence-corrected chi connectivity index (χ2v) is 4.68. The number of ether oxygens (including phenoxy) is 1. The number of hydrogen-bond acceptors (Lipinski definition) is 4. The lowest BCUT2D eigenvalue weighted by Gasteiger charge is -2.17. The summed E-state index contributed by atoms with van der Waals surface area (Å²) in [5.74, 6) is -0.354. The van der Waals surface area contributed by atoms with E-state index in [2.05, 4.69) is 5.32 Å². The minimum absolute atomic E-state index is 0.00952. The predicted molar refractivity (Wildman–Crippen MR) is 80.9 cm³/mol. The molecule has 110 valence electrons. The fraction of sp³-hybridized carbons (Fsp3) is 0.235. The van der Waals surface area contributed by atoms with Gasteiger partial charge in [0.1, 0.15) is 0 Å². The minimum atomic E-state index is -0.354. The van der Waals surface area contributed by atoms with E-state index in [-0.39, 0.29) is 18.6 Å². The summed E-state index contributed by atoms with van der Waals surface area (Å²) in [5.41, 5.74) is 2.39. The van der Waals surface area contributed by atoms with Gasteiger partial charge in [0.2, 0.25) is 0 Å². The molecule has 1 atom stereocenters. The molecule has 2 N–H and O–H groups in total. The summed E-state index contributed by atoms with van der Waals surface area (Å²) in [6.45, 7) is 0.468. The second-order valence-electron chi connectivity index (χ2n) is 4.68. The van der Waals surface area contributed by atoms with Crippen LogP contribution in [-0.4, -0.2) is 24.8 Å². The molecule has 0 saturated heterocycles. The standard InChI is InChI=1S/C17H19NO3/c1-21-17(20)15-10-6-5-9-14(15)11-18-16(12-19)13-7-3-2-4-8-13/h2-10,16,18-19H,11-12H2,1H3/t16-/m1/s1. The quantitative estimate of drug-likeness (QED) is 0.800. The molecule has 0 unspecified atom stereocenters. The van der Waals surface area contributed by atoms with E-state index < -0.39 is 0 Å². The Morgan fingerprint density at radius 2 is 1.81 bits per heavy atom. The first kappa shape index (κ1) is 15.2. The highest BCUT2D eigenvalue weighted by molar-refractivity contribution is 5.90. The summed E-state index contributed by atoms with van der Waals surface area (Å²) in [6, 6.07) is 16.8. The van der Waals surface area contributed by atoms with E-state index in [0.29, 0.717) is 12.1 Å². The Kier molecular flexibility index (Phi) is 5.49. The van der Waals surface area contributed by atoms with Gasteiger partial charge < -0.3 is 15.2 Å². The van der Waals surface area contributed by atoms with Crippen molar-refractivity contribution in [2.75, 3.05) is 13.7 Å². The third kappa shape index (κ3) is 3.90. The summed E-state index contributed by atoms with van der Waals surface area (Å²) in [4.78, 5) is 11.7. The lowest BCUT2D eigenvalue weighted by Crippen LogP contribution is -2.25. The first-order chi connectivity index (χ1) is 10.3. The summed E-state index contributed by atoms with van der Waals surface area (Å²) in [7, 11) is 1.37. The van der Waals surface area contributed by atoms with E-state index >= 15 is 0 Å². The van der Waals surface area contributed by atoms with Crippen molar-refractivity contribution >= 4 is 5.97 Å². The van der Waals surface area contributed by atoms with Gasteiger partial charge in [-0.15, -0.1) is 0 Å². The molecule has 2 rings (SSSR count). The van der Waals surface area contributed by atoms with Gasteiger partial charge in [-0.1, -0.05) is 48.5 Å². The zero-order valence-electron chi connectivity index (χ0n) is 12.0. The summed E-state index contributed by atoms with van der Waals surface area (Å²) >= 11 is 0. The first-order valence-corrected chi connectivity index (χ1v) is 6.81. The predicted octanol–water partition coefficient (Wildman–Crippen LogP) is 2.30. The van der Waals surface area contributed by atoms with Gasteiger partial charge in [-0.2, -0.15) is 0 Å². The fourth-order valence-corrected chi connectivity index (χ4v) is 2.19. The highest BCUT2D eigenvalue weighted by Crippen LogP contribution is 2.15. The molecule has 2 aromatic rings. The average molecular weight is 285 g/mol. The van der Waals surface area contributed by atoms with E-state index in [0.717, 1.165) is 11.1 Å². The number of methoxy groups -OCH3 is 1. The van der Waals surface area contributed by atoms with Crippen molar-refractivity contribution < 1.29 is 14.6 Å². The van der Waals surface area contributed by atoms with Crippen molar-refractivity contribution in [2.24, 2.45) is 0 Å². The van der Waals surface area contributed by atoms with Crippen LogP contribution in [0, 0.1) is 0 Å². The molecule has 4 heteroatoms. The van der Waals surface area contributed by atoms with Crippen molar-refractivity contribution in [3.63, 3.8) is 0 Å². The SMILES string of the molecule is COC(=O)c1ccccc1CN[C@H](CO)c1ccccc1. The van der Waals surface area contributed by atoms with Crippen LogP contribution in [-0.2, 0) is 11.3 Å². The molecule has 0 aromatic heterocycles. The molecule has 0 fully saturated rings. The largest absolute Gasteiger partial charge is 0.465 e. The molecular weight excluding hydrogens is 266 g/mol. The van der Waals surface area contributed by atoms with Crippen LogP contribution in [0.3, 0.4) is 0 Å². The number of nitrogens with one attached hydrogen (secondary N) is 1. The van der Waals surface area contributed by atoms with Crippen molar-refractivity contribution in [3.8, 4) is 0 Å². The van der Waals surface area contributed by atoms with E-state index in [1.165, 1.54) is 7.11 Å². The number of esters is 1. The number of aliphatic hydroxyl groups excluding tert-OH is 1. The molecule has 2 aromatic carbocycles. The molecule has 0 aliphatic heterocycles. The average Bonchev–Trinajstić information content (AvgIpc) is 2.56. The Hall–Kier alpha value is -2.17. The van der Waals surface area contributed by atoms with E-state index in [1.807, 2.05) is 42.5 Å². The molecule has 0 amide bonds. The number of carbonyl (C=O) groups excluding carboxylic acids is 1. The molecule has 0 bridgehead atoms. The van der Waals surface area contributed by atoms with E-state index in [1.54, 1.807) is 12.1 Å². The third-order valence-corrected chi connectivity index (χ3v) is 3.35. The van der Waals surface area contributed by atoms with Gasteiger partial charge in [-0.3, -0.25) is 0 Å². The number of benzene rings is 2. The Morgan fingerprint density at radius 1 is 1.14 bits per heavy atom. The minimum Gasteiger partial charge on any atom is -0.465 e. The Morgan fingerprint density at radius 3 is 2.48 bits per heavy atom. The van der Waals surface area contributed by atoms with Gasteiger partial charge in [0.05, 0.1) is 25.3 Å². The molecule has 0 radical (unpaired) electrons. The zero-order chi connectivity index (χ0) is 15.1. The Balaban J connectivity index is 2.10. The maximum atomic E-state index is 11.7. The fourth-order valence-electron chi connectivity index (χ4n) is 2.19. The van der Waals surface area contributed by atoms with Crippen LogP contribution >= 0.6 is 0 Å². The van der Waals surface area contributed by atoms with Crippen molar-refractivity contribution in [3.05, 3.63) is 71.3 Å². The number of rotatable bonds is 6. The highest BCUT2D eigenvalue weighted by atomic mass is 16.5. The van der Waals surface area contributed by atoms with Crippen LogP contribution < -0.4 is 5.32 Å². The smallest absolute Gasteiger partial charge is 0.338 e. The number of hydrogen-bond donors (Lipinski definition) is 2. The number of aliphatic hydroxyl groups is 1. The van der Waals surface area contributed by atoms with Gasteiger partial charge in [-0.05, 0) is 17.2 Å². The molecule has 0 aliphatic carbocycles. The monoisotopic (exact) mass is 285 g/mol. The van der Waals surface area contributed by atoms with Gasteiger partial charge in [0.15, 0.2) is 0 Å².